The third-order valence-corrected chi connectivity index (χ3v) is 5.58. The van der Waals surface area contributed by atoms with E-state index in [1.807, 2.05) is 37.3 Å². The highest BCUT2D eigenvalue weighted by atomic mass is 35.5. The smallest absolute Gasteiger partial charge is 0.317 e. The monoisotopic (exact) mass is 442 g/mol. The van der Waals surface area contributed by atoms with Gasteiger partial charge >= 0.3 is 6.03 Å². The molecule has 1 unspecified atom stereocenters. The molecule has 1 saturated heterocycles. The van der Waals surface area contributed by atoms with Crippen LogP contribution in [0.25, 0.3) is 0 Å². The maximum Gasteiger partial charge on any atom is 0.317 e. The lowest BCUT2D eigenvalue weighted by atomic mass is 10.0. The van der Waals surface area contributed by atoms with E-state index < -0.39 is 6.04 Å². The van der Waals surface area contributed by atoms with Gasteiger partial charge in [0.1, 0.15) is 0 Å². The first kappa shape index (κ1) is 22.6. The molecule has 0 aromatic heterocycles. The van der Waals surface area contributed by atoms with E-state index in [0.717, 1.165) is 5.56 Å². The minimum atomic E-state index is -0.487. The molecule has 1 aliphatic heterocycles. The average molecular weight is 443 g/mol. The van der Waals surface area contributed by atoms with Crippen molar-refractivity contribution < 1.29 is 14.4 Å². The SMILES string of the molecule is CCNC(=O)N1CCN(C(=O)CC(NC(=O)c2ccccc2Cl)c2ccccc2)CC1. The summed E-state index contributed by atoms with van der Waals surface area (Å²) in [6.45, 7) is 4.35. The Morgan fingerprint density at radius 1 is 0.935 bits per heavy atom. The van der Waals surface area contributed by atoms with Crippen LogP contribution in [-0.4, -0.2) is 60.4 Å². The zero-order chi connectivity index (χ0) is 22.2. The molecule has 0 saturated carbocycles. The Morgan fingerprint density at radius 3 is 2.19 bits per heavy atom. The Labute approximate surface area is 187 Å². The number of carbonyl (C=O) groups is 3. The predicted molar refractivity (Wildman–Crippen MR) is 120 cm³/mol. The lowest BCUT2D eigenvalue weighted by Gasteiger charge is -2.35. The minimum Gasteiger partial charge on any atom is -0.345 e. The van der Waals surface area contributed by atoms with Crippen LogP contribution in [0.3, 0.4) is 0 Å². The van der Waals surface area contributed by atoms with Crippen LogP contribution in [0, 0.1) is 0 Å². The number of urea groups is 1. The Morgan fingerprint density at radius 2 is 1.55 bits per heavy atom. The third kappa shape index (κ3) is 5.98. The first-order valence-corrected chi connectivity index (χ1v) is 10.8. The van der Waals surface area contributed by atoms with Crippen LogP contribution in [0.4, 0.5) is 4.79 Å². The molecule has 1 atom stereocenters. The molecule has 2 N–H and O–H groups in total. The van der Waals surface area contributed by atoms with E-state index in [9.17, 15) is 14.4 Å². The van der Waals surface area contributed by atoms with Crippen molar-refractivity contribution in [2.75, 3.05) is 32.7 Å². The Balaban J connectivity index is 1.67. The predicted octanol–water partition coefficient (Wildman–Crippen LogP) is 3.07. The fourth-order valence-electron chi connectivity index (χ4n) is 3.54. The van der Waals surface area contributed by atoms with Crippen molar-refractivity contribution in [3.63, 3.8) is 0 Å². The zero-order valence-corrected chi connectivity index (χ0v) is 18.3. The van der Waals surface area contributed by atoms with E-state index in [1.54, 1.807) is 34.1 Å². The van der Waals surface area contributed by atoms with Crippen LogP contribution in [-0.2, 0) is 4.79 Å². The average Bonchev–Trinajstić information content (AvgIpc) is 2.79. The summed E-state index contributed by atoms with van der Waals surface area (Å²) in [5, 5.41) is 6.10. The number of halogens is 1. The number of hydrogen-bond donors (Lipinski definition) is 2. The van der Waals surface area contributed by atoms with Gasteiger partial charge in [0.2, 0.25) is 5.91 Å². The summed E-state index contributed by atoms with van der Waals surface area (Å²) in [6, 6.07) is 15.6. The normalized spacial score (nSPS) is 14.6. The summed E-state index contributed by atoms with van der Waals surface area (Å²) in [4.78, 5) is 41.2. The number of nitrogens with zero attached hydrogens (tertiary/aromatic N) is 2. The number of benzene rings is 2. The molecule has 0 spiro atoms. The van der Waals surface area contributed by atoms with E-state index in [1.165, 1.54) is 0 Å². The van der Waals surface area contributed by atoms with Gasteiger partial charge in [-0.2, -0.15) is 0 Å². The summed E-state index contributed by atoms with van der Waals surface area (Å²) in [6.07, 6.45) is 0.126. The van der Waals surface area contributed by atoms with Crippen molar-refractivity contribution in [1.29, 1.82) is 0 Å². The molecule has 1 aliphatic rings. The highest BCUT2D eigenvalue weighted by Gasteiger charge is 2.27. The summed E-state index contributed by atoms with van der Waals surface area (Å²) < 4.78 is 0. The van der Waals surface area contributed by atoms with Crippen molar-refractivity contribution in [2.45, 2.75) is 19.4 Å². The summed E-state index contributed by atoms with van der Waals surface area (Å²) in [5.74, 6) is -0.392. The second-order valence-electron chi connectivity index (χ2n) is 7.32. The van der Waals surface area contributed by atoms with E-state index in [-0.39, 0.29) is 24.3 Å². The van der Waals surface area contributed by atoms with Crippen LogP contribution < -0.4 is 10.6 Å². The summed E-state index contributed by atoms with van der Waals surface area (Å²) >= 11 is 6.16. The van der Waals surface area contributed by atoms with Crippen molar-refractivity contribution in [2.24, 2.45) is 0 Å². The Kier molecular flexibility index (Phi) is 7.89. The molecule has 0 aliphatic carbocycles. The molecule has 3 rings (SSSR count). The molecule has 8 heteroatoms. The molecule has 31 heavy (non-hydrogen) atoms. The molecule has 0 radical (unpaired) electrons. The Hall–Kier alpha value is -3.06. The minimum absolute atomic E-state index is 0.0659. The third-order valence-electron chi connectivity index (χ3n) is 5.25. The number of hydrogen-bond acceptors (Lipinski definition) is 3. The van der Waals surface area contributed by atoms with Gasteiger partial charge in [0.15, 0.2) is 0 Å². The molecular formula is C23H27ClN4O3. The molecule has 1 fully saturated rings. The first-order valence-electron chi connectivity index (χ1n) is 10.4. The number of nitrogens with one attached hydrogen (secondary N) is 2. The number of carbonyl (C=O) groups excluding carboxylic acids is 3. The molecule has 164 valence electrons. The standard InChI is InChI=1S/C23H27ClN4O3/c1-2-25-23(31)28-14-12-27(13-15-28)21(29)16-20(17-8-4-3-5-9-17)26-22(30)18-10-6-7-11-19(18)24/h3-11,20H,2,12-16H2,1H3,(H,25,31)(H,26,30). The maximum absolute atomic E-state index is 13.0. The largest absolute Gasteiger partial charge is 0.345 e. The number of rotatable bonds is 6. The van der Waals surface area contributed by atoms with Crippen LogP contribution in [0.2, 0.25) is 5.02 Å². The zero-order valence-electron chi connectivity index (χ0n) is 17.5. The summed E-state index contributed by atoms with van der Waals surface area (Å²) in [5.41, 5.74) is 1.21. The van der Waals surface area contributed by atoms with E-state index >= 15 is 0 Å². The van der Waals surface area contributed by atoms with Gasteiger partial charge in [-0.3, -0.25) is 9.59 Å². The quantitative estimate of drug-likeness (QED) is 0.721. The van der Waals surface area contributed by atoms with Crippen LogP contribution in [0.5, 0.6) is 0 Å². The van der Waals surface area contributed by atoms with E-state index in [2.05, 4.69) is 10.6 Å². The van der Waals surface area contributed by atoms with Crippen molar-refractivity contribution in [3.8, 4) is 0 Å². The van der Waals surface area contributed by atoms with Gasteiger partial charge in [-0.05, 0) is 24.6 Å². The molecule has 2 aromatic carbocycles. The van der Waals surface area contributed by atoms with Gasteiger partial charge in [0.25, 0.3) is 5.91 Å². The van der Waals surface area contributed by atoms with E-state index in [0.29, 0.717) is 43.3 Å². The molecule has 1 heterocycles. The first-order chi connectivity index (χ1) is 15.0. The molecule has 7 nitrogen and oxygen atoms in total. The lowest BCUT2D eigenvalue weighted by Crippen LogP contribution is -2.53. The van der Waals surface area contributed by atoms with Crippen molar-refractivity contribution in [3.05, 3.63) is 70.7 Å². The van der Waals surface area contributed by atoms with Crippen LogP contribution in [0.1, 0.15) is 35.3 Å². The second kappa shape index (κ2) is 10.8. The Bertz CT molecular complexity index is 914. The highest BCUT2D eigenvalue weighted by Crippen LogP contribution is 2.21. The van der Waals surface area contributed by atoms with Crippen LogP contribution in [0.15, 0.2) is 54.6 Å². The van der Waals surface area contributed by atoms with Gasteiger partial charge in [0.05, 0.1) is 23.0 Å². The highest BCUT2D eigenvalue weighted by molar-refractivity contribution is 6.33. The molecule has 0 bridgehead atoms. The fourth-order valence-corrected chi connectivity index (χ4v) is 3.77. The lowest BCUT2D eigenvalue weighted by molar-refractivity contribution is -0.133. The van der Waals surface area contributed by atoms with Gasteiger partial charge in [0, 0.05) is 32.7 Å². The van der Waals surface area contributed by atoms with Gasteiger partial charge in [-0.15, -0.1) is 0 Å². The number of piperazine rings is 1. The van der Waals surface area contributed by atoms with Crippen molar-refractivity contribution >= 4 is 29.4 Å². The van der Waals surface area contributed by atoms with Crippen LogP contribution >= 0.6 is 11.6 Å². The maximum atomic E-state index is 13.0. The fraction of sp³-hybridized carbons (Fsp3) is 0.348. The topological polar surface area (TPSA) is 81.8 Å². The molecule has 2 aromatic rings. The molecular weight excluding hydrogens is 416 g/mol. The van der Waals surface area contributed by atoms with Gasteiger partial charge in [-0.1, -0.05) is 54.1 Å². The van der Waals surface area contributed by atoms with Gasteiger partial charge < -0.3 is 20.4 Å². The van der Waals surface area contributed by atoms with Gasteiger partial charge in [-0.25, -0.2) is 4.79 Å². The van der Waals surface area contributed by atoms with E-state index in [4.69, 9.17) is 11.6 Å². The summed E-state index contributed by atoms with van der Waals surface area (Å²) in [7, 11) is 0. The molecule has 4 amide bonds. The van der Waals surface area contributed by atoms with Crippen molar-refractivity contribution in [1.82, 2.24) is 20.4 Å². The second-order valence-corrected chi connectivity index (χ2v) is 7.73. The number of amides is 4.